The fourth-order valence-electron chi connectivity index (χ4n) is 3.02. The third kappa shape index (κ3) is 4.07. The summed E-state index contributed by atoms with van der Waals surface area (Å²) in [6, 6.07) is 12.9. The lowest BCUT2D eigenvalue weighted by atomic mass is 10.1. The van der Waals surface area contributed by atoms with Gasteiger partial charge in [0.2, 0.25) is 11.0 Å². The lowest BCUT2D eigenvalue weighted by Gasteiger charge is -2.20. The van der Waals surface area contributed by atoms with Gasteiger partial charge in [0, 0.05) is 22.6 Å². The Bertz CT molecular complexity index is 1010. The number of methoxy groups -OCH3 is 1. The molecule has 2 heterocycles. The maximum Gasteiger partial charge on any atom is 0.247 e. The van der Waals surface area contributed by atoms with E-state index in [4.69, 9.17) is 9.47 Å². The molecule has 0 fully saturated rings. The molecule has 0 aliphatic carbocycles. The quantitative estimate of drug-likeness (QED) is 0.448. The molecule has 1 aliphatic heterocycles. The maximum atomic E-state index is 9.92. The number of benzene rings is 2. The molecule has 0 unspecified atom stereocenters. The number of aromatic hydroxyl groups is 1. The van der Waals surface area contributed by atoms with Gasteiger partial charge in [-0.05, 0) is 30.7 Å². The first-order chi connectivity index (χ1) is 14.2. The van der Waals surface area contributed by atoms with Gasteiger partial charge in [-0.15, -0.1) is 10.2 Å². The molecule has 0 bridgehead atoms. The Morgan fingerprint density at radius 3 is 2.90 bits per heavy atom. The van der Waals surface area contributed by atoms with Crippen molar-refractivity contribution in [3.05, 3.63) is 48.0 Å². The molecular weight excluding hydrogens is 388 g/mol. The molecule has 29 heavy (non-hydrogen) atoms. The normalized spacial score (nSPS) is 14.8. The van der Waals surface area contributed by atoms with Crippen LogP contribution in [0.3, 0.4) is 0 Å². The van der Waals surface area contributed by atoms with Gasteiger partial charge in [0.1, 0.15) is 0 Å². The minimum atomic E-state index is -0.530. The van der Waals surface area contributed by atoms with E-state index in [0.717, 1.165) is 35.4 Å². The van der Waals surface area contributed by atoms with Crippen molar-refractivity contribution in [2.45, 2.75) is 31.1 Å². The highest BCUT2D eigenvalue weighted by Gasteiger charge is 2.26. The zero-order chi connectivity index (χ0) is 20.2. The number of nitrogens with one attached hydrogen (secondary N) is 1. The molecule has 0 saturated heterocycles. The smallest absolute Gasteiger partial charge is 0.247 e. The van der Waals surface area contributed by atoms with E-state index < -0.39 is 6.23 Å². The van der Waals surface area contributed by atoms with Crippen LogP contribution in [0.5, 0.6) is 17.4 Å². The van der Waals surface area contributed by atoms with E-state index in [1.807, 2.05) is 24.3 Å². The van der Waals surface area contributed by atoms with Crippen molar-refractivity contribution in [1.29, 1.82) is 0 Å². The largest absolute Gasteiger partial charge is 0.504 e. The van der Waals surface area contributed by atoms with Gasteiger partial charge >= 0.3 is 0 Å². The number of phenolic OH excluding ortho intramolecular Hbond substituents is 1. The highest BCUT2D eigenvalue weighted by Crippen LogP contribution is 2.40. The highest BCUT2D eigenvalue weighted by atomic mass is 32.2. The predicted octanol–water partition coefficient (Wildman–Crippen LogP) is 4.65. The van der Waals surface area contributed by atoms with E-state index >= 15 is 0 Å². The number of rotatable bonds is 6. The molecule has 2 N–H and O–H groups in total. The number of aromatic nitrogens is 3. The maximum absolute atomic E-state index is 9.92. The fourth-order valence-corrected chi connectivity index (χ4v) is 3.89. The van der Waals surface area contributed by atoms with Crippen molar-refractivity contribution in [2.75, 3.05) is 18.2 Å². The molecule has 0 amide bonds. The van der Waals surface area contributed by atoms with Crippen molar-refractivity contribution >= 4 is 17.4 Å². The van der Waals surface area contributed by atoms with Gasteiger partial charge in [-0.25, -0.2) is 0 Å². The Morgan fingerprint density at radius 2 is 2.07 bits per heavy atom. The molecule has 4 rings (SSSR count). The SMILES string of the molecule is CCCCSc1nnc2c(n1)O[C@H](c1ccc(O)c(OC)c1)Nc1ccccc1-2. The van der Waals surface area contributed by atoms with Crippen molar-refractivity contribution in [3.8, 4) is 28.6 Å². The Labute approximate surface area is 173 Å². The molecule has 8 heteroatoms. The number of ether oxygens (including phenoxy) is 2. The van der Waals surface area contributed by atoms with E-state index in [0.29, 0.717) is 22.5 Å². The number of nitrogens with zero attached hydrogens (tertiary/aromatic N) is 3. The van der Waals surface area contributed by atoms with Gasteiger partial charge in [-0.3, -0.25) is 0 Å². The van der Waals surface area contributed by atoms with Crippen LogP contribution in [0.25, 0.3) is 11.3 Å². The van der Waals surface area contributed by atoms with E-state index in [1.165, 1.54) is 7.11 Å². The molecule has 1 aliphatic rings. The van der Waals surface area contributed by atoms with E-state index in [9.17, 15) is 5.11 Å². The number of para-hydroxylation sites is 1. The molecule has 150 valence electrons. The van der Waals surface area contributed by atoms with Gasteiger partial charge in [0.25, 0.3) is 0 Å². The highest BCUT2D eigenvalue weighted by molar-refractivity contribution is 7.99. The standard InChI is InChI=1S/C21H22N4O3S/c1-3-4-11-29-21-23-20-18(24-25-21)14-7-5-6-8-15(14)22-19(28-20)13-9-10-16(26)17(12-13)27-2/h5-10,12,19,22,26H,3-4,11H2,1-2H3/t19-/m1/s1. The first-order valence-corrected chi connectivity index (χ1v) is 10.4. The lowest BCUT2D eigenvalue weighted by Crippen LogP contribution is -2.17. The van der Waals surface area contributed by atoms with Crippen LogP contribution in [0.15, 0.2) is 47.6 Å². The van der Waals surface area contributed by atoms with Gasteiger partial charge in [0.15, 0.2) is 23.4 Å². The van der Waals surface area contributed by atoms with Gasteiger partial charge in [-0.1, -0.05) is 43.3 Å². The van der Waals surface area contributed by atoms with Gasteiger partial charge < -0.3 is 19.9 Å². The number of phenols is 1. The summed E-state index contributed by atoms with van der Waals surface area (Å²) in [6.07, 6.45) is 1.67. The zero-order valence-corrected chi connectivity index (χ0v) is 17.1. The van der Waals surface area contributed by atoms with E-state index in [-0.39, 0.29) is 5.75 Å². The molecule has 1 atom stereocenters. The van der Waals surface area contributed by atoms with Crippen LogP contribution in [0, 0.1) is 0 Å². The van der Waals surface area contributed by atoms with Crippen LogP contribution in [-0.4, -0.2) is 33.2 Å². The summed E-state index contributed by atoms with van der Waals surface area (Å²) in [5, 5.41) is 22.6. The second-order valence-electron chi connectivity index (χ2n) is 6.57. The number of anilines is 1. The van der Waals surface area contributed by atoms with Crippen molar-refractivity contribution in [3.63, 3.8) is 0 Å². The molecule has 0 radical (unpaired) electrons. The van der Waals surface area contributed by atoms with Crippen LogP contribution in [-0.2, 0) is 0 Å². The second kappa shape index (κ2) is 8.57. The van der Waals surface area contributed by atoms with Crippen LogP contribution >= 0.6 is 11.8 Å². The molecule has 3 aromatic rings. The number of thioether (sulfide) groups is 1. The number of hydrogen-bond donors (Lipinski definition) is 2. The summed E-state index contributed by atoms with van der Waals surface area (Å²) in [7, 11) is 1.52. The molecular formula is C21H22N4O3S. The Balaban J connectivity index is 1.74. The minimum Gasteiger partial charge on any atom is -0.504 e. The predicted molar refractivity (Wildman–Crippen MR) is 113 cm³/mol. The van der Waals surface area contributed by atoms with Crippen LogP contribution in [0.1, 0.15) is 31.6 Å². The number of hydrogen-bond acceptors (Lipinski definition) is 8. The van der Waals surface area contributed by atoms with E-state index in [2.05, 4.69) is 27.4 Å². The first kappa shape index (κ1) is 19.3. The van der Waals surface area contributed by atoms with Crippen LogP contribution in [0.4, 0.5) is 5.69 Å². The summed E-state index contributed by atoms with van der Waals surface area (Å²) in [5.41, 5.74) is 3.13. The summed E-state index contributed by atoms with van der Waals surface area (Å²) in [6.45, 7) is 2.15. The van der Waals surface area contributed by atoms with E-state index in [1.54, 1.807) is 30.0 Å². The minimum absolute atomic E-state index is 0.0734. The number of fused-ring (bicyclic) bond motifs is 3. The average molecular weight is 410 g/mol. The Kier molecular flexibility index (Phi) is 5.71. The third-order valence-corrected chi connectivity index (χ3v) is 5.49. The van der Waals surface area contributed by atoms with Gasteiger partial charge in [-0.2, -0.15) is 4.98 Å². The van der Waals surface area contributed by atoms with Crippen molar-refractivity contribution in [1.82, 2.24) is 15.2 Å². The molecule has 1 aromatic heterocycles. The monoisotopic (exact) mass is 410 g/mol. The first-order valence-electron chi connectivity index (χ1n) is 9.46. The van der Waals surface area contributed by atoms with Gasteiger partial charge in [0.05, 0.1) is 7.11 Å². The lowest BCUT2D eigenvalue weighted by molar-refractivity contribution is 0.224. The number of unbranched alkanes of at least 4 members (excludes halogenated alkanes) is 1. The summed E-state index contributed by atoms with van der Waals surface area (Å²) in [5.74, 6) is 1.81. The molecule has 2 aromatic carbocycles. The zero-order valence-electron chi connectivity index (χ0n) is 16.3. The van der Waals surface area contributed by atoms with Crippen LogP contribution < -0.4 is 14.8 Å². The molecule has 0 saturated carbocycles. The summed E-state index contributed by atoms with van der Waals surface area (Å²) < 4.78 is 11.5. The Hall–Kier alpha value is -3.00. The second-order valence-corrected chi connectivity index (χ2v) is 7.63. The van der Waals surface area contributed by atoms with Crippen LogP contribution in [0.2, 0.25) is 0 Å². The fraction of sp³-hybridized carbons (Fsp3) is 0.286. The van der Waals surface area contributed by atoms with Crippen molar-refractivity contribution < 1.29 is 14.6 Å². The van der Waals surface area contributed by atoms with Crippen molar-refractivity contribution in [2.24, 2.45) is 0 Å². The Morgan fingerprint density at radius 1 is 1.21 bits per heavy atom. The average Bonchev–Trinajstić information content (AvgIpc) is 2.91. The topological polar surface area (TPSA) is 89.4 Å². The molecule has 7 nitrogen and oxygen atoms in total. The summed E-state index contributed by atoms with van der Waals surface area (Å²) >= 11 is 1.57. The summed E-state index contributed by atoms with van der Waals surface area (Å²) in [4.78, 5) is 4.63. The molecule has 0 spiro atoms. The third-order valence-electron chi connectivity index (χ3n) is 4.57.